The fraction of sp³-hybridized carbons (Fsp3) is 0.538. The van der Waals surface area contributed by atoms with Crippen molar-refractivity contribution in [2.45, 2.75) is 24.4 Å². The van der Waals surface area contributed by atoms with Crippen molar-refractivity contribution in [1.82, 2.24) is 10.2 Å². The van der Waals surface area contributed by atoms with E-state index in [1.54, 1.807) is 0 Å². The van der Waals surface area contributed by atoms with Gasteiger partial charge in [0.05, 0.1) is 0 Å². The first-order valence-electron chi connectivity index (χ1n) is 5.97. The average Bonchev–Trinajstić information content (AvgIpc) is 2.31. The van der Waals surface area contributed by atoms with Gasteiger partial charge in [-0.15, -0.1) is 24.2 Å². The van der Waals surface area contributed by atoms with Crippen LogP contribution in [0.15, 0.2) is 27.6 Å². The Morgan fingerprint density at radius 1 is 1.50 bits per heavy atom. The minimum atomic E-state index is 0. The maximum atomic E-state index is 3.53. The Bertz CT molecular complexity index is 389. The first-order chi connectivity index (χ1) is 8.19. The van der Waals surface area contributed by atoms with E-state index in [2.05, 4.69) is 57.5 Å². The van der Waals surface area contributed by atoms with Gasteiger partial charge in [0.25, 0.3) is 0 Å². The maximum absolute atomic E-state index is 3.53. The number of halogens is 2. The second kappa shape index (κ2) is 7.75. The fourth-order valence-electron chi connectivity index (χ4n) is 2.25. The lowest BCUT2D eigenvalue weighted by Gasteiger charge is -2.32. The highest BCUT2D eigenvalue weighted by molar-refractivity contribution is 9.10. The number of benzene rings is 1. The van der Waals surface area contributed by atoms with Crippen LogP contribution in [0.25, 0.3) is 0 Å². The summed E-state index contributed by atoms with van der Waals surface area (Å²) in [6, 6.07) is 7.20. The first kappa shape index (κ1) is 16.3. The van der Waals surface area contributed by atoms with E-state index >= 15 is 0 Å². The van der Waals surface area contributed by atoms with E-state index in [-0.39, 0.29) is 12.4 Å². The van der Waals surface area contributed by atoms with Crippen LogP contribution in [0, 0.1) is 0 Å². The normalized spacial score (nSPS) is 20.5. The van der Waals surface area contributed by atoms with Gasteiger partial charge in [-0.1, -0.05) is 22.0 Å². The number of piperazine rings is 1. The Morgan fingerprint density at radius 3 is 2.94 bits per heavy atom. The molecular formula is C13H20BrClN2S. The minimum absolute atomic E-state index is 0. The molecule has 0 aromatic heterocycles. The van der Waals surface area contributed by atoms with Gasteiger partial charge >= 0.3 is 0 Å². The molecular weight excluding hydrogens is 332 g/mol. The van der Waals surface area contributed by atoms with Gasteiger partial charge in [-0.2, -0.15) is 0 Å². The van der Waals surface area contributed by atoms with Crippen LogP contribution < -0.4 is 5.32 Å². The zero-order chi connectivity index (χ0) is 12.3. The van der Waals surface area contributed by atoms with Crippen LogP contribution in [0.3, 0.4) is 0 Å². The van der Waals surface area contributed by atoms with Crippen molar-refractivity contribution in [2.75, 3.05) is 25.9 Å². The summed E-state index contributed by atoms with van der Waals surface area (Å²) >= 11 is 5.36. The number of nitrogens with zero attached hydrogens (tertiary/aromatic N) is 1. The molecule has 1 saturated heterocycles. The predicted molar refractivity (Wildman–Crippen MR) is 85.9 cm³/mol. The predicted octanol–water partition coefficient (Wildman–Crippen LogP) is 3.39. The topological polar surface area (TPSA) is 15.3 Å². The maximum Gasteiger partial charge on any atom is 0.0246 e. The summed E-state index contributed by atoms with van der Waals surface area (Å²) in [5, 5.41) is 3.48. The highest BCUT2D eigenvalue weighted by atomic mass is 79.9. The summed E-state index contributed by atoms with van der Waals surface area (Å²) in [5.74, 6) is 0. The lowest BCUT2D eigenvalue weighted by atomic mass is 10.1. The summed E-state index contributed by atoms with van der Waals surface area (Å²) < 4.78 is 1.17. The van der Waals surface area contributed by atoms with E-state index in [4.69, 9.17) is 0 Å². The van der Waals surface area contributed by atoms with Gasteiger partial charge in [0, 0.05) is 41.6 Å². The highest BCUT2D eigenvalue weighted by Gasteiger charge is 2.16. The molecule has 0 unspecified atom stereocenters. The number of rotatable bonds is 3. The number of thioether (sulfide) groups is 1. The molecule has 1 fully saturated rings. The summed E-state index contributed by atoms with van der Waals surface area (Å²) in [5.41, 5.74) is 1.44. The molecule has 2 nitrogen and oxygen atoms in total. The zero-order valence-electron chi connectivity index (χ0n) is 10.8. The molecule has 0 spiro atoms. The second-order valence-corrected chi connectivity index (χ2v) is 6.31. The molecule has 5 heteroatoms. The molecule has 18 heavy (non-hydrogen) atoms. The van der Waals surface area contributed by atoms with Crippen LogP contribution in [0.1, 0.15) is 12.5 Å². The summed E-state index contributed by atoms with van der Waals surface area (Å²) in [7, 11) is 0. The van der Waals surface area contributed by atoms with E-state index in [1.807, 2.05) is 11.8 Å². The number of hydrogen-bond donors (Lipinski definition) is 1. The van der Waals surface area contributed by atoms with Crippen molar-refractivity contribution >= 4 is 40.1 Å². The quantitative estimate of drug-likeness (QED) is 0.840. The Morgan fingerprint density at radius 2 is 2.28 bits per heavy atom. The highest BCUT2D eigenvalue weighted by Crippen LogP contribution is 2.26. The van der Waals surface area contributed by atoms with Crippen LogP contribution >= 0.6 is 40.1 Å². The van der Waals surface area contributed by atoms with E-state index in [0.717, 1.165) is 26.2 Å². The van der Waals surface area contributed by atoms with E-state index in [1.165, 1.54) is 14.9 Å². The van der Waals surface area contributed by atoms with Crippen molar-refractivity contribution in [2.24, 2.45) is 0 Å². The van der Waals surface area contributed by atoms with Gasteiger partial charge in [-0.05, 0) is 30.9 Å². The van der Waals surface area contributed by atoms with Crippen molar-refractivity contribution in [1.29, 1.82) is 0 Å². The first-order valence-corrected chi connectivity index (χ1v) is 7.99. The molecule has 0 bridgehead atoms. The van der Waals surface area contributed by atoms with Gasteiger partial charge in [-0.25, -0.2) is 0 Å². The zero-order valence-corrected chi connectivity index (χ0v) is 14.0. The summed E-state index contributed by atoms with van der Waals surface area (Å²) in [6.07, 6.45) is 2.14. The van der Waals surface area contributed by atoms with Crippen LogP contribution in [-0.2, 0) is 6.54 Å². The van der Waals surface area contributed by atoms with Crippen molar-refractivity contribution in [3.63, 3.8) is 0 Å². The summed E-state index contributed by atoms with van der Waals surface area (Å²) in [6.45, 7) is 6.71. The molecule has 1 aliphatic heterocycles. The fourth-order valence-corrected chi connectivity index (χ4v) is 3.40. The second-order valence-electron chi connectivity index (χ2n) is 4.55. The van der Waals surface area contributed by atoms with Crippen molar-refractivity contribution < 1.29 is 0 Å². The van der Waals surface area contributed by atoms with E-state index in [0.29, 0.717) is 6.04 Å². The van der Waals surface area contributed by atoms with Gasteiger partial charge in [-0.3, -0.25) is 4.90 Å². The van der Waals surface area contributed by atoms with Gasteiger partial charge in [0.15, 0.2) is 0 Å². The van der Waals surface area contributed by atoms with Crippen molar-refractivity contribution in [3.05, 3.63) is 28.2 Å². The average molecular weight is 352 g/mol. The molecule has 1 N–H and O–H groups in total. The number of hydrogen-bond acceptors (Lipinski definition) is 3. The van der Waals surface area contributed by atoms with Crippen molar-refractivity contribution in [3.8, 4) is 0 Å². The molecule has 1 heterocycles. The van der Waals surface area contributed by atoms with Gasteiger partial charge in [0.2, 0.25) is 0 Å². The monoisotopic (exact) mass is 350 g/mol. The van der Waals surface area contributed by atoms with Crippen LogP contribution in [0.2, 0.25) is 0 Å². The SMILES string of the molecule is CSc1cc(Br)ccc1CN1CCN[C@H](C)C1.Cl. The Balaban J connectivity index is 0.00000162. The van der Waals surface area contributed by atoms with Crippen LogP contribution in [0.5, 0.6) is 0 Å². The smallest absolute Gasteiger partial charge is 0.0246 e. The van der Waals surface area contributed by atoms with Gasteiger partial charge < -0.3 is 5.32 Å². The Kier molecular flexibility index (Phi) is 7.03. The standard InChI is InChI=1S/C13H19BrN2S.ClH/c1-10-8-16(6-5-15-10)9-11-3-4-12(14)7-13(11)17-2;/h3-4,7,10,15H,5-6,8-9H2,1-2H3;1H/t10-;/m1./s1. The Hall–Kier alpha value is 0.260. The van der Waals surface area contributed by atoms with Crippen LogP contribution in [0.4, 0.5) is 0 Å². The minimum Gasteiger partial charge on any atom is -0.312 e. The molecule has 2 rings (SSSR count). The molecule has 1 atom stereocenters. The molecule has 1 aromatic rings. The summed E-state index contributed by atoms with van der Waals surface area (Å²) in [4.78, 5) is 3.91. The molecule has 0 saturated carbocycles. The lowest BCUT2D eigenvalue weighted by molar-refractivity contribution is 0.198. The molecule has 0 aliphatic carbocycles. The van der Waals surface area contributed by atoms with Gasteiger partial charge in [0.1, 0.15) is 0 Å². The number of nitrogens with one attached hydrogen (secondary N) is 1. The molecule has 0 radical (unpaired) electrons. The molecule has 1 aromatic carbocycles. The van der Waals surface area contributed by atoms with Crippen LogP contribution in [-0.4, -0.2) is 36.8 Å². The van der Waals surface area contributed by atoms with E-state index < -0.39 is 0 Å². The third-order valence-corrected chi connectivity index (χ3v) is 4.41. The third-order valence-electron chi connectivity index (χ3n) is 3.10. The third kappa shape index (κ3) is 4.42. The molecule has 1 aliphatic rings. The Labute approximate surface area is 128 Å². The molecule has 0 amide bonds. The molecule has 102 valence electrons. The van der Waals surface area contributed by atoms with E-state index in [9.17, 15) is 0 Å². The lowest BCUT2D eigenvalue weighted by Crippen LogP contribution is -2.48. The largest absolute Gasteiger partial charge is 0.312 e.